The van der Waals surface area contributed by atoms with Gasteiger partial charge >= 0.3 is 0 Å². The van der Waals surface area contributed by atoms with Gasteiger partial charge in [0.25, 0.3) is 11.8 Å². The number of hydrogen-bond acceptors (Lipinski definition) is 5. The van der Waals surface area contributed by atoms with Gasteiger partial charge in [0.2, 0.25) is 0 Å². The Morgan fingerprint density at radius 2 is 2.00 bits per heavy atom. The lowest BCUT2D eigenvalue weighted by Gasteiger charge is -2.29. The van der Waals surface area contributed by atoms with Crippen molar-refractivity contribution in [1.82, 2.24) is 4.98 Å². The maximum absolute atomic E-state index is 12.2. The lowest BCUT2D eigenvalue weighted by molar-refractivity contribution is -0.146. The number of ether oxygens (including phenoxy) is 1. The third-order valence-corrected chi connectivity index (χ3v) is 3.43. The fourth-order valence-electron chi connectivity index (χ4n) is 2.45. The topological polar surface area (TPSA) is 79.7 Å². The summed E-state index contributed by atoms with van der Waals surface area (Å²) in [6.07, 6.45) is 0.409. The number of carbonyl (C=O) groups is 2. The molecule has 3 rings (SSSR count). The van der Waals surface area contributed by atoms with Crippen LogP contribution in [0.2, 0.25) is 0 Å². The number of morpholine rings is 1. The zero-order valence-corrected chi connectivity index (χ0v) is 11.3. The van der Waals surface area contributed by atoms with Crippen LogP contribution in [-0.4, -0.2) is 40.7 Å². The minimum absolute atomic E-state index is 0.0174. The van der Waals surface area contributed by atoms with Gasteiger partial charge in [-0.15, -0.1) is 0 Å². The van der Waals surface area contributed by atoms with Crippen molar-refractivity contribution in [2.24, 2.45) is 0 Å². The summed E-state index contributed by atoms with van der Waals surface area (Å²) in [5.41, 5.74) is 0.459. The summed E-state index contributed by atoms with van der Waals surface area (Å²) < 4.78 is 5.36. The SMILES string of the molecule is O=C1C2CCC(O2)C(=O)N1c1cccc(C#CCCO)n1. The zero-order valence-electron chi connectivity index (χ0n) is 11.3. The number of nitrogens with zero attached hydrogens (tertiary/aromatic N) is 2. The van der Waals surface area contributed by atoms with Gasteiger partial charge in [0.05, 0.1) is 6.61 Å². The molecule has 2 fully saturated rings. The van der Waals surface area contributed by atoms with Crippen LogP contribution in [0.3, 0.4) is 0 Å². The number of amides is 2. The Kier molecular flexibility index (Phi) is 3.69. The van der Waals surface area contributed by atoms with Crippen molar-refractivity contribution in [3.8, 4) is 11.8 Å². The van der Waals surface area contributed by atoms with Crippen molar-refractivity contribution in [2.45, 2.75) is 31.5 Å². The zero-order chi connectivity index (χ0) is 14.8. The van der Waals surface area contributed by atoms with E-state index in [1.807, 2.05) is 0 Å². The van der Waals surface area contributed by atoms with Gasteiger partial charge in [0.1, 0.15) is 23.7 Å². The second kappa shape index (κ2) is 5.64. The number of fused-ring (bicyclic) bond motifs is 2. The van der Waals surface area contributed by atoms with E-state index in [1.54, 1.807) is 18.2 Å². The quantitative estimate of drug-likeness (QED) is 0.622. The Morgan fingerprint density at radius 1 is 1.29 bits per heavy atom. The summed E-state index contributed by atoms with van der Waals surface area (Å²) in [6.45, 7) is -0.0174. The molecule has 1 aromatic heterocycles. The average Bonchev–Trinajstić information content (AvgIpc) is 2.93. The van der Waals surface area contributed by atoms with E-state index in [9.17, 15) is 9.59 Å². The molecular formula is C15H14N2O4. The molecule has 2 atom stereocenters. The number of rotatable bonds is 2. The monoisotopic (exact) mass is 286 g/mol. The molecule has 2 amide bonds. The van der Waals surface area contributed by atoms with E-state index < -0.39 is 12.2 Å². The van der Waals surface area contributed by atoms with Crippen molar-refractivity contribution in [3.05, 3.63) is 23.9 Å². The molecule has 0 spiro atoms. The van der Waals surface area contributed by atoms with Gasteiger partial charge in [0, 0.05) is 6.42 Å². The van der Waals surface area contributed by atoms with Crippen molar-refractivity contribution >= 4 is 17.6 Å². The molecule has 1 N–H and O–H groups in total. The van der Waals surface area contributed by atoms with E-state index in [1.165, 1.54) is 0 Å². The molecule has 0 aromatic carbocycles. The molecule has 6 heteroatoms. The van der Waals surface area contributed by atoms with Gasteiger partial charge < -0.3 is 9.84 Å². The number of hydrogen-bond donors (Lipinski definition) is 1. The largest absolute Gasteiger partial charge is 0.395 e. The number of pyridine rings is 1. The van der Waals surface area contributed by atoms with Gasteiger partial charge in [-0.05, 0) is 30.9 Å². The second-order valence-corrected chi connectivity index (χ2v) is 4.86. The molecule has 2 unspecified atom stereocenters. The number of aliphatic hydroxyl groups excluding tert-OH is 1. The van der Waals surface area contributed by atoms with Gasteiger partial charge in [-0.3, -0.25) is 9.59 Å². The number of aliphatic hydroxyl groups is 1. The summed E-state index contributed by atoms with van der Waals surface area (Å²) in [4.78, 5) is 29.8. The molecule has 21 heavy (non-hydrogen) atoms. The molecular weight excluding hydrogens is 272 g/mol. The molecule has 2 aliphatic rings. The van der Waals surface area contributed by atoms with E-state index in [0.29, 0.717) is 25.0 Å². The minimum atomic E-state index is -0.543. The fraction of sp³-hybridized carbons (Fsp3) is 0.400. The van der Waals surface area contributed by atoms with Crippen molar-refractivity contribution in [3.63, 3.8) is 0 Å². The second-order valence-electron chi connectivity index (χ2n) is 4.86. The first-order chi connectivity index (χ1) is 10.2. The predicted octanol–water partition coefficient (Wildman–Crippen LogP) is 0.236. The number of aromatic nitrogens is 1. The smallest absolute Gasteiger partial charge is 0.264 e. The maximum atomic E-state index is 12.2. The lowest BCUT2D eigenvalue weighted by Crippen LogP contribution is -2.52. The van der Waals surface area contributed by atoms with E-state index >= 15 is 0 Å². The predicted molar refractivity (Wildman–Crippen MR) is 73.2 cm³/mol. The molecule has 0 radical (unpaired) electrons. The van der Waals surface area contributed by atoms with Crippen LogP contribution in [0.5, 0.6) is 0 Å². The fourth-order valence-corrected chi connectivity index (χ4v) is 2.45. The molecule has 2 saturated heterocycles. The first-order valence-corrected chi connectivity index (χ1v) is 6.81. The van der Waals surface area contributed by atoms with Crippen molar-refractivity contribution in [1.29, 1.82) is 0 Å². The summed E-state index contributed by atoms with van der Waals surface area (Å²) in [6, 6.07) is 5.00. The van der Waals surface area contributed by atoms with Gasteiger partial charge in [0.15, 0.2) is 0 Å². The third-order valence-electron chi connectivity index (χ3n) is 3.43. The van der Waals surface area contributed by atoms with Gasteiger partial charge in [-0.25, -0.2) is 9.88 Å². The summed E-state index contributed by atoms with van der Waals surface area (Å²) in [5, 5.41) is 8.70. The molecule has 2 aliphatic heterocycles. The van der Waals surface area contributed by atoms with Crippen molar-refractivity contribution in [2.75, 3.05) is 11.5 Å². The van der Waals surface area contributed by atoms with Crippen LogP contribution < -0.4 is 4.90 Å². The molecule has 6 nitrogen and oxygen atoms in total. The summed E-state index contributed by atoms with van der Waals surface area (Å²) in [7, 11) is 0. The van der Waals surface area contributed by atoms with Crippen LogP contribution in [-0.2, 0) is 14.3 Å². The highest BCUT2D eigenvalue weighted by Crippen LogP contribution is 2.30. The molecule has 0 aliphatic carbocycles. The Labute approximate surface area is 121 Å². The van der Waals surface area contributed by atoms with E-state index in [0.717, 1.165) is 4.90 Å². The normalized spacial score (nSPS) is 24.0. The van der Waals surface area contributed by atoms with Crippen molar-refractivity contribution < 1.29 is 19.4 Å². The van der Waals surface area contributed by atoms with Gasteiger partial charge in [-0.1, -0.05) is 12.0 Å². The highest BCUT2D eigenvalue weighted by Gasteiger charge is 2.47. The maximum Gasteiger partial charge on any atom is 0.264 e. The van der Waals surface area contributed by atoms with Crippen LogP contribution in [0.15, 0.2) is 18.2 Å². The highest BCUT2D eigenvalue weighted by molar-refractivity contribution is 6.19. The van der Waals surface area contributed by atoms with Crippen LogP contribution in [0, 0.1) is 11.8 Å². The Bertz CT molecular complexity index is 625. The minimum Gasteiger partial charge on any atom is -0.395 e. The number of carbonyl (C=O) groups excluding carboxylic acids is 2. The Morgan fingerprint density at radius 3 is 2.67 bits per heavy atom. The van der Waals surface area contributed by atoms with Crippen LogP contribution in [0.25, 0.3) is 0 Å². The lowest BCUT2D eigenvalue weighted by atomic mass is 10.2. The molecule has 2 bridgehead atoms. The van der Waals surface area contributed by atoms with Crippen LogP contribution in [0.1, 0.15) is 25.0 Å². The first-order valence-electron chi connectivity index (χ1n) is 6.81. The van der Waals surface area contributed by atoms with Crippen LogP contribution >= 0.6 is 0 Å². The van der Waals surface area contributed by atoms with E-state index in [4.69, 9.17) is 9.84 Å². The molecule has 108 valence electrons. The highest BCUT2D eigenvalue weighted by atomic mass is 16.5. The standard InChI is InChI=1S/C15H14N2O4/c18-9-2-1-4-10-5-3-6-13(16-10)17-14(19)11-7-8-12(21-11)15(17)20/h3,5-6,11-12,18H,2,7-9H2. The molecule has 0 saturated carbocycles. The third kappa shape index (κ3) is 2.53. The molecule has 1 aromatic rings. The average molecular weight is 286 g/mol. The van der Waals surface area contributed by atoms with Crippen LogP contribution in [0.4, 0.5) is 5.82 Å². The Balaban J connectivity index is 1.90. The Hall–Kier alpha value is -2.23. The summed E-state index contributed by atoms with van der Waals surface area (Å²) in [5.74, 6) is 5.11. The first kappa shape index (κ1) is 13.7. The van der Waals surface area contributed by atoms with E-state index in [-0.39, 0.29) is 24.2 Å². The number of imide groups is 1. The van der Waals surface area contributed by atoms with E-state index in [2.05, 4.69) is 16.8 Å². The van der Waals surface area contributed by atoms with Gasteiger partial charge in [-0.2, -0.15) is 0 Å². The number of anilines is 1. The summed E-state index contributed by atoms with van der Waals surface area (Å²) >= 11 is 0. The molecule has 3 heterocycles.